The van der Waals surface area contributed by atoms with Crippen LogP contribution < -0.4 is 5.32 Å². The van der Waals surface area contributed by atoms with Gasteiger partial charge < -0.3 is 10.1 Å². The van der Waals surface area contributed by atoms with Crippen molar-refractivity contribution < 1.29 is 4.74 Å². The third kappa shape index (κ3) is 5.55. The first-order valence-electron chi connectivity index (χ1n) is 7.38. The van der Waals surface area contributed by atoms with Gasteiger partial charge in [0.1, 0.15) is 0 Å². The molecule has 0 radical (unpaired) electrons. The normalized spacial score (nSPS) is 16.7. The zero-order valence-electron chi connectivity index (χ0n) is 11.9. The molecule has 1 heterocycles. The van der Waals surface area contributed by atoms with Crippen LogP contribution in [0.3, 0.4) is 0 Å². The average molecular weight is 279 g/mol. The number of hydrogen-bond acceptors (Lipinski definition) is 3. The van der Waals surface area contributed by atoms with Gasteiger partial charge in [-0.2, -0.15) is 0 Å². The number of thioether (sulfide) groups is 1. The van der Waals surface area contributed by atoms with Gasteiger partial charge in [0.15, 0.2) is 0 Å². The van der Waals surface area contributed by atoms with Crippen molar-refractivity contribution in [3.63, 3.8) is 0 Å². The molecule has 1 saturated heterocycles. The molecule has 1 aromatic carbocycles. The van der Waals surface area contributed by atoms with Crippen LogP contribution in [-0.4, -0.2) is 25.5 Å². The second kappa shape index (κ2) is 8.62. The average Bonchev–Trinajstić information content (AvgIpc) is 2.47. The highest BCUT2D eigenvalue weighted by Gasteiger charge is 2.13. The van der Waals surface area contributed by atoms with Crippen molar-refractivity contribution in [3.05, 3.63) is 29.8 Å². The fourth-order valence-electron chi connectivity index (χ4n) is 2.28. The van der Waals surface area contributed by atoms with Crippen molar-refractivity contribution in [3.8, 4) is 0 Å². The highest BCUT2D eigenvalue weighted by Crippen LogP contribution is 2.26. The fraction of sp³-hybridized carbons (Fsp3) is 0.625. The first-order chi connectivity index (χ1) is 9.38. The maximum Gasteiger partial charge on any atom is 0.0468 e. The lowest BCUT2D eigenvalue weighted by molar-refractivity contribution is 0.0728. The Morgan fingerprint density at radius 3 is 2.95 bits per heavy atom. The molecule has 1 N–H and O–H groups in total. The predicted molar refractivity (Wildman–Crippen MR) is 82.7 cm³/mol. The molecule has 0 saturated carbocycles. The summed E-state index contributed by atoms with van der Waals surface area (Å²) in [6.45, 7) is 6.19. The predicted octanol–water partition coefficient (Wildman–Crippen LogP) is 3.70. The van der Waals surface area contributed by atoms with E-state index in [-0.39, 0.29) is 0 Å². The molecule has 0 amide bonds. The van der Waals surface area contributed by atoms with Gasteiger partial charge in [0.25, 0.3) is 0 Å². The fourth-order valence-corrected chi connectivity index (χ4v) is 3.45. The maximum absolute atomic E-state index is 5.41. The highest BCUT2D eigenvalue weighted by atomic mass is 32.2. The molecule has 0 aromatic heterocycles. The number of benzene rings is 1. The summed E-state index contributed by atoms with van der Waals surface area (Å²) in [6.07, 6.45) is 3.65. The van der Waals surface area contributed by atoms with Crippen LogP contribution in [-0.2, 0) is 11.3 Å². The molecular weight excluding hydrogens is 254 g/mol. The van der Waals surface area contributed by atoms with Crippen molar-refractivity contribution >= 4 is 11.8 Å². The molecule has 1 aliphatic heterocycles. The lowest BCUT2D eigenvalue weighted by Gasteiger charge is -2.21. The zero-order chi connectivity index (χ0) is 13.3. The van der Waals surface area contributed by atoms with Gasteiger partial charge in [-0.1, -0.05) is 19.1 Å². The zero-order valence-corrected chi connectivity index (χ0v) is 12.7. The van der Waals surface area contributed by atoms with Crippen LogP contribution in [0.1, 0.15) is 31.7 Å². The van der Waals surface area contributed by atoms with Gasteiger partial charge in [0.05, 0.1) is 0 Å². The van der Waals surface area contributed by atoms with E-state index in [0.29, 0.717) is 0 Å². The number of hydrogen-bond donors (Lipinski definition) is 1. The molecule has 106 valence electrons. The van der Waals surface area contributed by atoms with Crippen molar-refractivity contribution in [1.29, 1.82) is 0 Å². The van der Waals surface area contributed by atoms with E-state index in [1.807, 2.05) is 11.8 Å². The highest BCUT2D eigenvalue weighted by molar-refractivity contribution is 7.99. The number of rotatable bonds is 7. The van der Waals surface area contributed by atoms with E-state index in [9.17, 15) is 0 Å². The van der Waals surface area contributed by atoms with E-state index >= 15 is 0 Å². The van der Waals surface area contributed by atoms with Gasteiger partial charge in [-0.15, -0.1) is 11.8 Å². The Kier molecular flexibility index (Phi) is 6.75. The molecule has 1 aromatic rings. The second-order valence-electron chi connectivity index (χ2n) is 5.19. The van der Waals surface area contributed by atoms with Crippen molar-refractivity contribution in [2.45, 2.75) is 37.6 Å². The smallest absolute Gasteiger partial charge is 0.0468 e. The molecule has 1 aliphatic rings. The van der Waals surface area contributed by atoms with Crippen molar-refractivity contribution in [1.82, 2.24) is 5.32 Å². The lowest BCUT2D eigenvalue weighted by Crippen LogP contribution is -2.17. The van der Waals surface area contributed by atoms with Gasteiger partial charge in [-0.05, 0) is 49.4 Å². The van der Waals surface area contributed by atoms with E-state index in [0.717, 1.165) is 32.2 Å². The van der Waals surface area contributed by atoms with E-state index in [4.69, 9.17) is 4.74 Å². The Bertz CT molecular complexity index is 364. The molecule has 0 unspecified atom stereocenters. The van der Waals surface area contributed by atoms with Crippen LogP contribution in [0.2, 0.25) is 0 Å². The summed E-state index contributed by atoms with van der Waals surface area (Å²) in [7, 11) is 0. The Labute approximate surface area is 121 Å². The standard InChI is InChI=1S/C16H25NOS/c1-2-8-17-12-15-4-3-5-16(11-15)19-13-14-6-9-18-10-7-14/h3-5,11,14,17H,2,6-10,12-13H2,1H3. The summed E-state index contributed by atoms with van der Waals surface area (Å²) >= 11 is 2.00. The molecule has 0 bridgehead atoms. The van der Waals surface area contributed by atoms with E-state index in [2.05, 4.69) is 36.5 Å². The van der Waals surface area contributed by atoms with Gasteiger partial charge >= 0.3 is 0 Å². The summed E-state index contributed by atoms with van der Waals surface area (Å²) in [5.74, 6) is 2.07. The largest absolute Gasteiger partial charge is 0.381 e. The molecule has 0 aliphatic carbocycles. The summed E-state index contributed by atoms with van der Waals surface area (Å²) in [5, 5.41) is 3.46. The monoisotopic (exact) mass is 279 g/mol. The Morgan fingerprint density at radius 1 is 1.32 bits per heavy atom. The van der Waals surface area contributed by atoms with Crippen LogP contribution in [0.4, 0.5) is 0 Å². The lowest BCUT2D eigenvalue weighted by atomic mass is 10.0. The molecule has 2 rings (SSSR count). The van der Waals surface area contributed by atoms with Gasteiger partial charge in [0.2, 0.25) is 0 Å². The first kappa shape index (κ1) is 14.9. The Balaban J connectivity index is 1.77. The van der Waals surface area contributed by atoms with Crippen LogP contribution in [0.15, 0.2) is 29.2 Å². The summed E-state index contributed by atoms with van der Waals surface area (Å²) in [6, 6.07) is 8.94. The number of ether oxygens (including phenoxy) is 1. The van der Waals surface area contributed by atoms with Crippen molar-refractivity contribution in [2.24, 2.45) is 5.92 Å². The maximum atomic E-state index is 5.41. The SMILES string of the molecule is CCCNCc1cccc(SCC2CCOCC2)c1. The first-order valence-corrected chi connectivity index (χ1v) is 8.37. The third-order valence-electron chi connectivity index (χ3n) is 3.48. The van der Waals surface area contributed by atoms with Crippen molar-refractivity contribution in [2.75, 3.05) is 25.5 Å². The van der Waals surface area contributed by atoms with Gasteiger partial charge in [-0.3, -0.25) is 0 Å². The van der Waals surface area contributed by atoms with Crippen LogP contribution in [0.25, 0.3) is 0 Å². The minimum atomic E-state index is 0.834. The molecule has 19 heavy (non-hydrogen) atoms. The Morgan fingerprint density at radius 2 is 2.16 bits per heavy atom. The molecule has 2 nitrogen and oxygen atoms in total. The second-order valence-corrected chi connectivity index (χ2v) is 6.28. The third-order valence-corrected chi connectivity index (χ3v) is 4.71. The van der Waals surface area contributed by atoms with Crippen LogP contribution in [0.5, 0.6) is 0 Å². The molecule has 1 fully saturated rings. The van der Waals surface area contributed by atoms with Crippen LogP contribution in [0, 0.1) is 5.92 Å². The minimum Gasteiger partial charge on any atom is -0.381 e. The van der Waals surface area contributed by atoms with Gasteiger partial charge in [0, 0.05) is 30.4 Å². The molecule has 0 spiro atoms. The molecule has 0 atom stereocenters. The van der Waals surface area contributed by atoms with E-state index in [1.54, 1.807) is 0 Å². The summed E-state index contributed by atoms with van der Waals surface area (Å²) < 4.78 is 5.41. The topological polar surface area (TPSA) is 21.3 Å². The quantitative estimate of drug-likeness (QED) is 0.607. The van der Waals surface area contributed by atoms with E-state index in [1.165, 1.54) is 35.5 Å². The molecule has 3 heteroatoms. The van der Waals surface area contributed by atoms with E-state index < -0.39 is 0 Å². The summed E-state index contributed by atoms with van der Waals surface area (Å²) in [5.41, 5.74) is 1.39. The molecular formula is C16H25NOS. The summed E-state index contributed by atoms with van der Waals surface area (Å²) in [4.78, 5) is 1.40. The number of nitrogens with one attached hydrogen (secondary N) is 1. The minimum absolute atomic E-state index is 0.834. The van der Waals surface area contributed by atoms with Crippen LogP contribution >= 0.6 is 11.8 Å². The van der Waals surface area contributed by atoms with Gasteiger partial charge in [-0.25, -0.2) is 0 Å². The Hall–Kier alpha value is -0.510.